The summed E-state index contributed by atoms with van der Waals surface area (Å²) in [6.07, 6.45) is 10.7. The molecule has 2 aliphatic heterocycles. The molecular weight excluding hydrogens is 510 g/mol. The third-order valence-electron chi connectivity index (χ3n) is 9.00. The van der Waals surface area contributed by atoms with Crippen LogP contribution in [0.2, 0.25) is 0 Å². The molecule has 3 heterocycles. The zero-order valence-corrected chi connectivity index (χ0v) is 24.2. The van der Waals surface area contributed by atoms with Gasteiger partial charge in [0.15, 0.2) is 0 Å². The highest BCUT2D eigenvalue weighted by Gasteiger charge is 2.55. The highest BCUT2D eigenvalue weighted by molar-refractivity contribution is 6.00. The fourth-order valence-electron chi connectivity index (χ4n) is 6.46. The Morgan fingerprint density at radius 1 is 1.15 bits per heavy atom. The minimum absolute atomic E-state index is 0.0774. The molecule has 1 spiro atoms. The van der Waals surface area contributed by atoms with Crippen LogP contribution < -0.4 is 15.4 Å². The lowest BCUT2D eigenvalue weighted by molar-refractivity contribution is -0.165. The van der Waals surface area contributed by atoms with Crippen molar-refractivity contribution in [1.82, 2.24) is 25.4 Å². The number of hydrogen-bond acceptors (Lipinski definition) is 7. The molecule has 0 unspecified atom stereocenters. The van der Waals surface area contributed by atoms with E-state index in [0.717, 1.165) is 71.0 Å². The quantitative estimate of drug-likeness (QED) is 0.337. The zero-order valence-electron chi connectivity index (χ0n) is 24.2. The van der Waals surface area contributed by atoms with Gasteiger partial charge in [-0.3, -0.25) is 14.4 Å². The van der Waals surface area contributed by atoms with Gasteiger partial charge in [-0.15, -0.1) is 0 Å². The van der Waals surface area contributed by atoms with E-state index in [0.29, 0.717) is 37.4 Å². The third kappa shape index (κ3) is 6.94. The number of pyridine rings is 1. The number of likely N-dealkylation sites (tertiary alicyclic amines) is 1. The van der Waals surface area contributed by atoms with Crippen molar-refractivity contribution in [1.29, 1.82) is 0 Å². The Labute approximate surface area is 238 Å². The minimum Gasteiger partial charge on any atom is -0.478 e. The average molecular weight is 558 g/mol. The van der Waals surface area contributed by atoms with E-state index in [4.69, 9.17) is 4.74 Å². The molecule has 1 saturated carbocycles. The van der Waals surface area contributed by atoms with Crippen LogP contribution in [0, 0.1) is 5.92 Å². The molecule has 2 saturated heterocycles. The number of aliphatic hydroxyl groups excluding tert-OH is 1. The lowest BCUT2D eigenvalue weighted by Gasteiger charge is -2.52. The number of rotatable bonds is 12. The summed E-state index contributed by atoms with van der Waals surface area (Å²) >= 11 is 0. The van der Waals surface area contributed by atoms with Crippen LogP contribution in [-0.4, -0.2) is 95.1 Å². The van der Waals surface area contributed by atoms with E-state index in [1.165, 1.54) is 12.6 Å². The predicted octanol–water partition coefficient (Wildman–Crippen LogP) is 2.50. The molecule has 40 heavy (non-hydrogen) atoms. The van der Waals surface area contributed by atoms with Crippen LogP contribution in [0.4, 0.5) is 0 Å². The number of unbranched alkanes of at least 4 members (excludes halogenated alkanes) is 2. The number of piperidine rings is 1. The average Bonchev–Trinajstić information content (AvgIpc) is 2.99. The number of nitrogens with one attached hydrogen (secondary N) is 2. The number of piperazine rings is 1. The molecule has 0 bridgehead atoms. The summed E-state index contributed by atoms with van der Waals surface area (Å²) in [5.41, 5.74) is -0.323. The Morgan fingerprint density at radius 2 is 1.90 bits per heavy atom. The van der Waals surface area contributed by atoms with Crippen molar-refractivity contribution in [2.45, 2.75) is 95.2 Å². The second-order valence-corrected chi connectivity index (χ2v) is 11.6. The van der Waals surface area contributed by atoms with E-state index in [1.807, 2.05) is 4.90 Å². The van der Waals surface area contributed by atoms with Crippen LogP contribution in [0.15, 0.2) is 18.3 Å². The molecule has 1 aliphatic carbocycles. The number of amides is 3. The van der Waals surface area contributed by atoms with Gasteiger partial charge in [0.1, 0.15) is 11.6 Å². The van der Waals surface area contributed by atoms with Crippen LogP contribution in [0.1, 0.15) is 87.9 Å². The summed E-state index contributed by atoms with van der Waals surface area (Å²) in [4.78, 5) is 47.4. The molecule has 3 aliphatic rings. The van der Waals surface area contributed by atoms with Gasteiger partial charge in [-0.25, -0.2) is 4.98 Å². The van der Waals surface area contributed by atoms with E-state index in [9.17, 15) is 19.5 Å². The fourth-order valence-corrected chi connectivity index (χ4v) is 6.46. The molecule has 0 radical (unpaired) electrons. The van der Waals surface area contributed by atoms with Crippen molar-refractivity contribution in [3.63, 3.8) is 0 Å². The van der Waals surface area contributed by atoms with Crippen LogP contribution in [0.25, 0.3) is 0 Å². The summed E-state index contributed by atoms with van der Waals surface area (Å²) < 4.78 is 5.73. The van der Waals surface area contributed by atoms with Crippen molar-refractivity contribution < 1.29 is 24.2 Å². The van der Waals surface area contributed by atoms with Crippen molar-refractivity contribution in [3.8, 4) is 5.88 Å². The van der Waals surface area contributed by atoms with Gasteiger partial charge < -0.3 is 30.3 Å². The number of nitrogens with zero attached hydrogens (tertiary/aromatic N) is 3. The van der Waals surface area contributed by atoms with Gasteiger partial charge >= 0.3 is 0 Å². The van der Waals surface area contributed by atoms with Gasteiger partial charge in [-0.05, 0) is 63.5 Å². The molecule has 3 fully saturated rings. The number of ether oxygens (including phenoxy) is 1. The van der Waals surface area contributed by atoms with Crippen LogP contribution in [0.5, 0.6) is 5.88 Å². The molecule has 3 amide bonds. The standard InChI is InChI=1S/C30H47N5O5/c1-3-4-17-35-28(38)25(26(36)22-10-6-5-7-11-22)33-29(39)30(35)14-18-34(19-15-30)16-8-9-20-40-24-13-12-23(21-32-24)27(37)31-2/h12-13,21-22,25-26,36H,3-11,14-20H2,1-2H3,(H,31,37)(H,33,39)/t25-,26-/m1/s1. The topological polar surface area (TPSA) is 124 Å². The number of carbonyl (C=O) groups excluding carboxylic acids is 3. The van der Waals surface area contributed by atoms with E-state index in [2.05, 4.69) is 27.4 Å². The third-order valence-corrected chi connectivity index (χ3v) is 9.00. The summed E-state index contributed by atoms with van der Waals surface area (Å²) in [5.74, 6) is 0.204. The second kappa shape index (κ2) is 14.3. The monoisotopic (exact) mass is 557 g/mol. The van der Waals surface area contributed by atoms with Gasteiger partial charge in [-0.1, -0.05) is 32.6 Å². The van der Waals surface area contributed by atoms with Crippen LogP contribution in [0.3, 0.4) is 0 Å². The number of hydrogen-bond donors (Lipinski definition) is 3. The fraction of sp³-hybridized carbons (Fsp3) is 0.733. The van der Waals surface area contributed by atoms with E-state index >= 15 is 0 Å². The maximum absolute atomic E-state index is 13.7. The highest BCUT2D eigenvalue weighted by Crippen LogP contribution is 2.36. The lowest BCUT2D eigenvalue weighted by Crippen LogP contribution is -2.75. The van der Waals surface area contributed by atoms with E-state index < -0.39 is 17.7 Å². The van der Waals surface area contributed by atoms with Crippen molar-refractivity contribution in [2.24, 2.45) is 5.92 Å². The summed E-state index contributed by atoms with van der Waals surface area (Å²) in [5, 5.41) is 16.7. The van der Waals surface area contributed by atoms with Gasteiger partial charge in [0.05, 0.1) is 18.3 Å². The molecular formula is C30H47N5O5. The highest BCUT2D eigenvalue weighted by atomic mass is 16.5. The molecule has 1 aromatic heterocycles. The molecule has 10 nitrogen and oxygen atoms in total. The maximum atomic E-state index is 13.7. The van der Waals surface area contributed by atoms with Crippen molar-refractivity contribution in [2.75, 3.05) is 39.8 Å². The van der Waals surface area contributed by atoms with Crippen LogP contribution in [-0.2, 0) is 9.59 Å². The summed E-state index contributed by atoms with van der Waals surface area (Å²) in [6.45, 7) is 5.60. The zero-order chi connectivity index (χ0) is 28.5. The van der Waals surface area contributed by atoms with Gasteiger partial charge in [0, 0.05) is 38.9 Å². The lowest BCUT2D eigenvalue weighted by atomic mass is 9.78. The maximum Gasteiger partial charge on any atom is 0.252 e. The number of aliphatic hydroxyl groups is 1. The first-order valence-corrected chi connectivity index (χ1v) is 15.2. The minimum atomic E-state index is -0.828. The molecule has 3 N–H and O–H groups in total. The Bertz CT molecular complexity index is 989. The summed E-state index contributed by atoms with van der Waals surface area (Å²) in [7, 11) is 1.58. The van der Waals surface area contributed by atoms with Crippen molar-refractivity contribution >= 4 is 17.7 Å². The Balaban J connectivity index is 1.26. The molecule has 4 rings (SSSR count). The Kier molecular flexibility index (Phi) is 10.8. The Hall–Kier alpha value is -2.72. The summed E-state index contributed by atoms with van der Waals surface area (Å²) in [6, 6.07) is 2.57. The Morgan fingerprint density at radius 3 is 2.55 bits per heavy atom. The molecule has 10 heteroatoms. The van der Waals surface area contributed by atoms with Gasteiger partial charge in [0.2, 0.25) is 17.7 Å². The normalized spacial score (nSPS) is 22.7. The SMILES string of the molecule is CCCCN1C(=O)[C@@H]([C@H](O)C2CCCCC2)NC(=O)C12CCN(CCCCOc1ccc(C(=O)NC)cn1)CC2. The number of carbonyl (C=O) groups is 3. The van der Waals surface area contributed by atoms with Crippen molar-refractivity contribution in [3.05, 3.63) is 23.9 Å². The van der Waals surface area contributed by atoms with E-state index in [-0.39, 0.29) is 23.6 Å². The predicted molar refractivity (Wildman–Crippen MR) is 152 cm³/mol. The number of aromatic nitrogens is 1. The van der Waals surface area contributed by atoms with Gasteiger partial charge in [-0.2, -0.15) is 0 Å². The van der Waals surface area contributed by atoms with Crippen LogP contribution >= 0.6 is 0 Å². The molecule has 222 valence electrons. The molecule has 2 atom stereocenters. The smallest absolute Gasteiger partial charge is 0.252 e. The van der Waals surface area contributed by atoms with Gasteiger partial charge in [0.25, 0.3) is 5.91 Å². The molecule has 0 aromatic carbocycles. The second-order valence-electron chi connectivity index (χ2n) is 11.6. The molecule has 1 aromatic rings. The first-order valence-electron chi connectivity index (χ1n) is 15.2. The first kappa shape index (κ1) is 30.2. The first-order chi connectivity index (χ1) is 19.4. The largest absolute Gasteiger partial charge is 0.478 e. The van der Waals surface area contributed by atoms with E-state index in [1.54, 1.807) is 19.2 Å².